The molecule has 3 heterocycles. The highest BCUT2D eigenvalue weighted by atomic mass is 16.5. The lowest BCUT2D eigenvalue weighted by Crippen LogP contribution is -2.28. The summed E-state index contributed by atoms with van der Waals surface area (Å²) in [6.45, 7) is 6.12. The van der Waals surface area contributed by atoms with E-state index in [1.54, 1.807) is 7.11 Å². The Hall–Kier alpha value is -3.41. The lowest BCUT2D eigenvalue weighted by Gasteiger charge is -2.23. The van der Waals surface area contributed by atoms with Crippen molar-refractivity contribution in [2.24, 2.45) is 15.9 Å². The second-order valence-corrected chi connectivity index (χ2v) is 8.46. The third kappa shape index (κ3) is 3.98. The van der Waals surface area contributed by atoms with Gasteiger partial charge in [0.25, 0.3) is 0 Å². The van der Waals surface area contributed by atoms with Crippen molar-refractivity contribution in [3.8, 4) is 5.75 Å². The molecule has 5 rings (SSSR count). The van der Waals surface area contributed by atoms with Gasteiger partial charge in [-0.1, -0.05) is 19.1 Å². The van der Waals surface area contributed by atoms with Gasteiger partial charge >= 0.3 is 0 Å². The zero-order valence-electron chi connectivity index (χ0n) is 18.2. The van der Waals surface area contributed by atoms with E-state index in [1.807, 2.05) is 24.4 Å². The van der Waals surface area contributed by atoms with Gasteiger partial charge in [0.1, 0.15) is 11.6 Å². The molecule has 1 atom stereocenters. The van der Waals surface area contributed by atoms with Gasteiger partial charge in [0.05, 0.1) is 24.5 Å². The number of amidine groups is 2. The van der Waals surface area contributed by atoms with Crippen molar-refractivity contribution < 1.29 is 4.74 Å². The largest absolute Gasteiger partial charge is 0.497 e. The van der Waals surface area contributed by atoms with Crippen LogP contribution >= 0.6 is 0 Å². The second kappa shape index (κ2) is 8.02. The fourth-order valence-electron chi connectivity index (χ4n) is 4.35. The number of nitrogens with one attached hydrogen (secondary N) is 1. The number of aliphatic imine (C=N–C) groups is 2. The van der Waals surface area contributed by atoms with Gasteiger partial charge in [-0.3, -0.25) is 5.10 Å². The minimum absolute atomic E-state index is 0.483. The third-order valence-corrected chi connectivity index (χ3v) is 6.11. The fourth-order valence-corrected chi connectivity index (χ4v) is 4.35. The van der Waals surface area contributed by atoms with Gasteiger partial charge in [0, 0.05) is 24.9 Å². The molecule has 2 aliphatic rings. The highest BCUT2D eigenvalue weighted by Crippen LogP contribution is 2.29. The Morgan fingerprint density at radius 1 is 1.13 bits per heavy atom. The maximum Gasteiger partial charge on any atom is 0.157 e. The number of benzene rings is 2. The van der Waals surface area contributed by atoms with Gasteiger partial charge in [-0.2, -0.15) is 5.10 Å². The van der Waals surface area contributed by atoms with Crippen molar-refractivity contribution >= 4 is 28.3 Å². The molecule has 6 heteroatoms. The summed E-state index contributed by atoms with van der Waals surface area (Å²) in [4.78, 5) is 12.4. The maximum atomic E-state index is 5.41. The molecule has 1 N–H and O–H groups in total. The molecule has 0 fully saturated rings. The molecule has 2 aromatic carbocycles. The van der Waals surface area contributed by atoms with E-state index in [0.717, 1.165) is 65.5 Å². The Labute approximate surface area is 182 Å². The van der Waals surface area contributed by atoms with Crippen molar-refractivity contribution in [2.45, 2.75) is 39.8 Å². The third-order valence-electron chi connectivity index (χ3n) is 6.11. The van der Waals surface area contributed by atoms with Crippen LogP contribution in [0.15, 0.2) is 64.2 Å². The number of hydrogen-bond donors (Lipinski definition) is 1. The fraction of sp³-hybridized carbons (Fsp3) is 0.320. The van der Waals surface area contributed by atoms with Crippen molar-refractivity contribution in [3.05, 3.63) is 65.4 Å². The van der Waals surface area contributed by atoms with Gasteiger partial charge in [0.15, 0.2) is 5.84 Å². The van der Waals surface area contributed by atoms with Crippen LogP contribution in [0.3, 0.4) is 0 Å². The molecule has 1 aromatic heterocycles. The van der Waals surface area contributed by atoms with Crippen LogP contribution in [0, 0.1) is 5.92 Å². The normalized spacial score (nSPS) is 22.0. The van der Waals surface area contributed by atoms with E-state index in [1.165, 1.54) is 11.1 Å². The Morgan fingerprint density at radius 2 is 2.00 bits per heavy atom. The first-order valence-electron chi connectivity index (χ1n) is 10.8. The number of fused-ring (bicyclic) bond motifs is 2. The summed E-state index contributed by atoms with van der Waals surface area (Å²) in [6, 6.07) is 12.4. The zero-order chi connectivity index (χ0) is 21.4. The quantitative estimate of drug-likeness (QED) is 0.612. The molecule has 0 saturated heterocycles. The molecule has 3 aromatic rings. The standard InChI is InChI=1S/C25H27N5O/c1-16-4-9-24(30-14-18-5-7-22(31-3)12-20(18)15-30)28-25(17(2)10-16)27-21-6-8-23-19(11-21)13-26-29-23/h5-8,10-13,16H,4,9,14-15H2,1-3H3,(H,26,29)/b17-10-,27-25?,28-24?. The minimum atomic E-state index is 0.483. The molecule has 31 heavy (non-hydrogen) atoms. The summed E-state index contributed by atoms with van der Waals surface area (Å²) in [5.74, 6) is 3.29. The number of ether oxygens (including phenoxy) is 1. The van der Waals surface area contributed by atoms with Crippen LogP contribution in [0.25, 0.3) is 10.9 Å². The minimum Gasteiger partial charge on any atom is -0.497 e. The molecule has 0 bridgehead atoms. The first-order chi connectivity index (χ1) is 15.1. The summed E-state index contributed by atoms with van der Waals surface area (Å²) in [5, 5.41) is 8.15. The molecule has 0 amide bonds. The Bertz CT molecular complexity index is 1220. The van der Waals surface area contributed by atoms with Gasteiger partial charge in [0.2, 0.25) is 0 Å². The number of aromatic amines is 1. The summed E-state index contributed by atoms with van der Waals surface area (Å²) < 4.78 is 5.41. The van der Waals surface area contributed by atoms with Crippen LogP contribution in [-0.4, -0.2) is 33.9 Å². The van der Waals surface area contributed by atoms with Gasteiger partial charge in [-0.05, 0) is 66.3 Å². The van der Waals surface area contributed by atoms with Crippen molar-refractivity contribution in [1.82, 2.24) is 15.1 Å². The molecule has 0 spiro atoms. The number of rotatable bonds is 2. The number of nitrogens with zero attached hydrogens (tertiary/aromatic N) is 4. The summed E-state index contributed by atoms with van der Waals surface area (Å²) in [7, 11) is 1.72. The van der Waals surface area contributed by atoms with E-state index in [-0.39, 0.29) is 0 Å². The van der Waals surface area contributed by atoms with Crippen LogP contribution in [0.4, 0.5) is 5.69 Å². The smallest absolute Gasteiger partial charge is 0.157 e. The predicted molar refractivity (Wildman–Crippen MR) is 125 cm³/mol. The van der Waals surface area contributed by atoms with E-state index in [4.69, 9.17) is 14.7 Å². The average molecular weight is 414 g/mol. The molecule has 0 aliphatic carbocycles. The molecule has 2 aliphatic heterocycles. The van der Waals surface area contributed by atoms with Crippen LogP contribution in [0.5, 0.6) is 5.75 Å². The van der Waals surface area contributed by atoms with Crippen molar-refractivity contribution in [3.63, 3.8) is 0 Å². The summed E-state index contributed by atoms with van der Waals surface area (Å²) in [6.07, 6.45) is 6.14. The average Bonchev–Trinajstić information content (AvgIpc) is 3.40. The first-order valence-corrected chi connectivity index (χ1v) is 10.8. The van der Waals surface area contributed by atoms with E-state index in [2.05, 4.69) is 53.2 Å². The number of hydrogen-bond acceptors (Lipinski definition) is 4. The number of aromatic nitrogens is 2. The SMILES string of the molecule is COc1ccc2c(c1)CN(C1=NC(=Nc3ccc4[nH]ncc4c3)/C(C)=C\C(C)CC1)C2. The lowest BCUT2D eigenvalue weighted by molar-refractivity contribution is 0.413. The second-order valence-electron chi connectivity index (χ2n) is 8.46. The zero-order valence-corrected chi connectivity index (χ0v) is 18.2. The van der Waals surface area contributed by atoms with E-state index < -0.39 is 0 Å². The van der Waals surface area contributed by atoms with Crippen LogP contribution in [0.2, 0.25) is 0 Å². The van der Waals surface area contributed by atoms with E-state index >= 15 is 0 Å². The van der Waals surface area contributed by atoms with Crippen molar-refractivity contribution in [2.75, 3.05) is 7.11 Å². The van der Waals surface area contributed by atoms with Crippen LogP contribution in [0.1, 0.15) is 37.8 Å². The van der Waals surface area contributed by atoms with Gasteiger partial charge in [-0.25, -0.2) is 9.98 Å². The monoisotopic (exact) mass is 413 g/mol. The molecule has 0 saturated carbocycles. The van der Waals surface area contributed by atoms with E-state index in [9.17, 15) is 0 Å². The number of H-pyrrole nitrogens is 1. The summed E-state index contributed by atoms with van der Waals surface area (Å²) >= 11 is 0. The molecular formula is C25H27N5O. The van der Waals surface area contributed by atoms with Gasteiger partial charge < -0.3 is 9.64 Å². The van der Waals surface area contributed by atoms with E-state index in [0.29, 0.717) is 5.92 Å². The summed E-state index contributed by atoms with van der Waals surface area (Å²) in [5.41, 5.74) is 5.68. The molecular weight excluding hydrogens is 386 g/mol. The lowest BCUT2D eigenvalue weighted by atomic mass is 10.00. The Balaban J connectivity index is 1.50. The molecule has 158 valence electrons. The van der Waals surface area contributed by atoms with Crippen LogP contribution in [-0.2, 0) is 13.1 Å². The highest BCUT2D eigenvalue weighted by molar-refractivity contribution is 6.07. The Kier molecular flexibility index (Phi) is 5.06. The van der Waals surface area contributed by atoms with Crippen LogP contribution < -0.4 is 4.74 Å². The molecule has 1 unspecified atom stereocenters. The number of allylic oxidation sites excluding steroid dienone is 1. The topological polar surface area (TPSA) is 65.9 Å². The predicted octanol–water partition coefficient (Wildman–Crippen LogP) is 5.39. The maximum absolute atomic E-state index is 5.41. The van der Waals surface area contributed by atoms with Gasteiger partial charge in [-0.15, -0.1) is 0 Å². The molecule has 6 nitrogen and oxygen atoms in total. The number of methoxy groups -OCH3 is 1. The first kappa shape index (κ1) is 19.5. The highest BCUT2D eigenvalue weighted by Gasteiger charge is 2.24. The van der Waals surface area contributed by atoms with Crippen molar-refractivity contribution in [1.29, 1.82) is 0 Å². The molecule has 0 radical (unpaired) electrons. The Morgan fingerprint density at radius 3 is 2.87 bits per heavy atom.